The molecule has 1 aliphatic rings. The van der Waals surface area contributed by atoms with Crippen molar-refractivity contribution in [2.45, 2.75) is 71.1 Å². The Kier molecular flexibility index (Phi) is 8.01. The number of rotatable bonds is 9. The van der Waals surface area contributed by atoms with Gasteiger partial charge in [0.05, 0.1) is 18.2 Å². The molecule has 0 saturated heterocycles. The van der Waals surface area contributed by atoms with Crippen LogP contribution < -0.4 is 4.74 Å². The summed E-state index contributed by atoms with van der Waals surface area (Å²) >= 11 is 0. The van der Waals surface area contributed by atoms with Gasteiger partial charge in [-0.15, -0.1) is 0 Å². The largest absolute Gasteiger partial charge is 0.493 e. The van der Waals surface area contributed by atoms with Crippen molar-refractivity contribution in [2.24, 2.45) is 11.8 Å². The minimum Gasteiger partial charge on any atom is -0.493 e. The molecule has 0 spiro atoms. The fourth-order valence-electron chi connectivity index (χ4n) is 3.56. The Morgan fingerprint density at radius 2 is 1.61 bits per heavy atom. The van der Waals surface area contributed by atoms with Crippen LogP contribution in [-0.2, 0) is 0 Å². The van der Waals surface area contributed by atoms with Crippen LogP contribution in [0.1, 0.15) is 76.7 Å². The lowest BCUT2D eigenvalue weighted by Crippen LogP contribution is -2.20. The lowest BCUT2D eigenvalue weighted by atomic mass is 9.80. The third-order valence-corrected chi connectivity index (χ3v) is 5.15. The number of unbranched alkanes of at least 4 members (excludes halogenated alkanes) is 4. The van der Waals surface area contributed by atoms with Crippen molar-refractivity contribution in [3.05, 3.63) is 29.8 Å². The average Bonchev–Trinajstić information content (AvgIpc) is 2.61. The molecule has 0 atom stereocenters. The molecule has 0 aliphatic heterocycles. The van der Waals surface area contributed by atoms with Crippen molar-refractivity contribution in [3.8, 4) is 11.8 Å². The van der Waals surface area contributed by atoms with E-state index in [1.807, 2.05) is 24.3 Å². The summed E-state index contributed by atoms with van der Waals surface area (Å²) in [7, 11) is 0. The summed E-state index contributed by atoms with van der Waals surface area (Å²) < 4.78 is 5.90. The Labute approximate surface area is 141 Å². The third-order valence-electron chi connectivity index (χ3n) is 5.15. The van der Waals surface area contributed by atoms with E-state index in [2.05, 4.69) is 13.0 Å². The summed E-state index contributed by atoms with van der Waals surface area (Å²) in [5, 5.41) is 8.80. The number of hydrogen-bond acceptors (Lipinski definition) is 2. The molecule has 1 saturated carbocycles. The highest BCUT2D eigenvalue weighted by molar-refractivity contribution is 5.34. The summed E-state index contributed by atoms with van der Waals surface area (Å²) in [5.41, 5.74) is 0.691. The number of ether oxygens (including phenoxy) is 1. The van der Waals surface area contributed by atoms with Gasteiger partial charge in [0.1, 0.15) is 5.75 Å². The van der Waals surface area contributed by atoms with Crippen molar-refractivity contribution in [1.82, 2.24) is 0 Å². The van der Waals surface area contributed by atoms with Gasteiger partial charge in [-0.2, -0.15) is 5.26 Å². The lowest BCUT2D eigenvalue weighted by molar-refractivity contribution is 0.177. The molecule has 1 aliphatic carbocycles. The molecule has 2 nitrogen and oxygen atoms in total. The van der Waals surface area contributed by atoms with Crippen LogP contribution in [-0.4, -0.2) is 6.61 Å². The molecule has 2 rings (SSSR count). The molecule has 0 amide bonds. The van der Waals surface area contributed by atoms with E-state index in [-0.39, 0.29) is 0 Å². The Morgan fingerprint density at radius 1 is 0.957 bits per heavy atom. The molecule has 2 heteroatoms. The standard InChI is InChI=1S/C21H31NO/c1-2-3-4-5-6-7-18-8-10-20(11-9-18)17-23-21-14-12-19(16-22)13-15-21/h12-15,18,20H,2-11,17H2,1H3/t18-,20-. The smallest absolute Gasteiger partial charge is 0.119 e. The van der Waals surface area contributed by atoms with Crippen molar-refractivity contribution in [2.75, 3.05) is 6.61 Å². The monoisotopic (exact) mass is 313 g/mol. The molecular formula is C21H31NO. The zero-order valence-electron chi connectivity index (χ0n) is 14.6. The normalized spacial score (nSPS) is 20.9. The highest BCUT2D eigenvalue weighted by Crippen LogP contribution is 2.32. The predicted molar refractivity (Wildman–Crippen MR) is 95.5 cm³/mol. The summed E-state index contributed by atoms with van der Waals surface area (Å²) in [6.07, 6.45) is 13.9. The first-order valence-electron chi connectivity index (χ1n) is 9.44. The minimum absolute atomic E-state index is 0.691. The Balaban J connectivity index is 1.58. The van der Waals surface area contributed by atoms with Crippen LogP contribution in [0.25, 0.3) is 0 Å². The van der Waals surface area contributed by atoms with E-state index in [0.717, 1.165) is 18.3 Å². The molecule has 0 radical (unpaired) electrons. The quantitative estimate of drug-likeness (QED) is 0.516. The average molecular weight is 313 g/mol. The van der Waals surface area contributed by atoms with Crippen molar-refractivity contribution >= 4 is 0 Å². The number of nitrogens with zero attached hydrogens (tertiary/aromatic N) is 1. The van der Waals surface area contributed by atoms with Gasteiger partial charge >= 0.3 is 0 Å². The first-order valence-corrected chi connectivity index (χ1v) is 9.44. The molecule has 23 heavy (non-hydrogen) atoms. The van der Waals surface area contributed by atoms with Crippen LogP contribution in [0, 0.1) is 23.2 Å². The SMILES string of the molecule is CCCCCCC[C@H]1CC[C@H](COc2ccc(C#N)cc2)CC1. The number of nitriles is 1. The van der Waals surface area contributed by atoms with E-state index in [4.69, 9.17) is 10.00 Å². The lowest BCUT2D eigenvalue weighted by Gasteiger charge is -2.28. The number of hydrogen-bond donors (Lipinski definition) is 0. The van der Waals surface area contributed by atoms with E-state index in [1.165, 1.54) is 64.2 Å². The summed E-state index contributed by atoms with van der Waals surface area (Å²) in [6, 6.07) is 9.59. The highest BCUT2D eigenvalue weighted by Gasteiger charge is 2.21. The summed E-state index contributed by atoms with van der Waals surface area (Å²) in [6.45, 7) is 3.11. The molecule has 0 aromatic heterocycles. The van der Waals surface area contributed by atoms with Crippen molar-refractivity contribution in [1.29, 1.82) is 5.26 Å². The fourth-order valence-corrected chi connectivity index (χ4v) is 3.56. The summed E-state index contributed by atoms with van der Waals surface area (Å²) in [4.78, 5) is 0. The second-order valence-corrected chi connectivity index (χ2v) is 7.04. The Hall–Kier alpha value is -1.49. The Bertz CT molecular complexity index is 466. The van der Waals surface area contributed by atoms with Gasteiger partial charge < -0.3 is 4.74 Å². The zero-order valence-corrected chi connectivity index (χ0v) is 14.6. The topological polar surface area (TPSA) is 33.0 Å². The van der Waals surface area contributed by atoms with E-state index in [0.29, 0.717) is 11.5 Å². The number of benzene rings is 1. The molecule has 1 aromatic carbocycles. The predicted octanol–water partition coefficient (Wildman–Crippen LogP) is 6.10. The van der Waals surface area contributed by atoms with Gasteiger partial charge in [-0.1, -0.05) is 58.3 Å². The molecule has 1 aromatic rings. The van der Waals surface area contributed by atoms with E-state index in [9.17, 15) is 0 Å². The third kappa shape index (κ3) is 6.65. The molecular weight excluding hydrogens is 282 g/mol. The van der Waals surface area contributed by atoms with Gasteiger partial charge in [0.15, 0.2) is 0 Å². The second-order valence-electron chi connectivity index (χ2n) is 7.04. The zero-order chi connectivity index (χ0) is 16.3. The van der Waals surface area contributed by atoms with Gasteiger partial charge in [-0.3, -0.25) is 0 Å². The fraction of sp³-hybridized carbons (Fsp3) is 0.667. The Morgan fingerprint density at radius 3 is 2.26 bits per heavy atom. The van der Waals surface area contributed by atoms with Crippen LogP contribution in [0.2, 0.25) is 0 Å². The van der Waals surface area contributed by atoms with Crippen LogP contribution in [0.3, 0.4) is 0 Å². The van der Waals surface area contributed by atoms with E-state index >= 15 is 0 Å². The van der Waals surface area contributed by atoms with Gasteiger partial charge in [0.2, 0.25) is 0 Å². The first-order chi connectivity index (χ1) is 11.3. The van der Waals surface area contributed by atoms with Crippen LogP contribution >= 0.6 is 0 Å². The molecule has 1 fully saturated rings. The van der Waals surface area contributed by atoms with Gasteiger partial charge in [0, 0.05) is 0 Å². The van der Waals surface area contributed by atoms with Crippen LogP contribution in [0.5, 0.6) is 5.75 Å². The summed E-state index contributed by atoms with van der Waals surface area (Å²) in [5.74, 6) is 2.56. The maximum atomic E-state index is 8.80. The molecule has 0 unspecified atom stereocenters. The second kappa shape index (κ2) is 10.3. The molecule has 126 valence electrons. The molecule has 0 heterocycles. The van der Waals surface area contributed by atoms with Crippen LogP contribution in [0.15, 0.2) is 24.3 Å². The van der Waals surface area contributed by atoms with Crippen molar-refractivity contribution in [3.63, 3.8) is 0 Å². The maximum Gasteiger partial charge on any atom is 0.119 e. The van der Waals surface area contributed by atoms with E-state index < -0.39 is 0 Å². The van der Waals surface area contributed by atoms with Crippen LogP contribution in [0.4, 0.5) is 0 Å². The molecule has 0 bridgehead atoms. The van der Waals surface area contributed by atoms with Crippen molar-refractivity contribution < 1.29 is 4.74 Å². The first kappa shape index (κ1) is 17.9. The van der Waals surface area contributed by atoms with Gasteiger partial charge in [0.25, 0.3) is 0 Å². The molecule has 0 N–H and O–H groups in total. The minimum atomic E-state index is 0.691. The van der Waals surface area contributed by atoms with Gasteiger partial charge in [-0.05, 0) is 48.9 Å². The highest BCUT2D eigenvalue weighted by atomic mass is 16.5. The van der Waals surface area contributed by atoms with E-state index in [1.54, 1.807) is 0 Å². The van der Waals surface area contributed by atoms with Gasteiger partial charge in [-0.25, -0.2) is 0 Å². The maximum absolute atomic E-state index is 8.80.